The van der Waals surface area contributed by atoms with E-state index in [0.29, 0.717) is 4.83 Å². The molecule has 0 fully saturated rings. The Bertz CT molecular complexity index is 547. The molecule has 0 nitrogen and oxygen atoms in total. The molecule has 1 unspecified atom stereocenters. The Morgan fingerprint density at radius 3 is 2.52 bits per heavy atom. The Morgan fingerprint density at radius 2 is 1.76 bits per heavy atom. The third-order valence-corrected chi connectivity index (χ3v) is 6.90. The molecule has 0 amide bonds. The third-order valence-electron chi connectivity index (χ3n) is 3.98. The minimum absolute atomic E-state index is 0.496. The second-order valence-electron chi connectivity index (χ2n) is 5.69. The lowest BCUT2D eigenvalue weighted by atomic mass is 10.0. The molecule has 0 aliphatic heterocycles. The highest BCUT2D eigenvalue weighted by Gasteiger charge is 2.13. The fourth-order valence-electron chi connectivity index (χ4n) is 2.72. The second-order valence-corrected chi connectivity index (χ2v) is 8.52. The monoisotopic (exact) mass is 430 g/mol. The van der Waals surface area contributed by atoms with E-state index in [2.05, 4.69) is 62.4 Å². The predicted octanol–water partition coefficient (Wildman–Crippen LogP) is 8.24. The van der Waals surface area contributed by atoms with E-state index >= 15 is 0 Å². The molecule has 0 radical (unpaired) electrons. The first-order valence-corrected chi connectivity index (χ1v) is 10.6. The summed E-state index contributed by atoms with van der Waals surface area (Å²) in [4.78, 5) is 0.496. The van der Waals surface area contributed by atoms with Crippen molar-refractivity contribution in [3.05, 3.63) is 33.6 Å². The summed E-state index contributed by atoms with van der Waals surface area (Å²) in [5.74, 6) is 0. The number of benzene rings is 1. The summed E-state index contributed by atoms with van der Waals surface area (Å²) >= 11 is 9.39. The van der Waals surface area contributed by atoms with Gasteiger partial charge in [0.1, 0.15) is 0 Å². The van der Waals surface area contributed by atoms with Gasteiger partial charge in [0.05, 0.1) is 0 Å². The largest absolute Gasteiger partial charge is 0.142 e. The topological polar surface area (TPSA) is 0 Å². The van der Waals surface area contributed by atoms with Crippen molar-refractivity contribution in [3.63, 3.8) is 0 Å². The van der Waals surface area contributed by atoms with Gasteiger partial charge in [-0.3, -0.25) is 0 Å². The van der Waals surface area contributed by atoms with E-state index < -0.39 is 0 Å². The molecule has 0 bridgehead atoms. The Kier molecular flexibility index (Phi) is 7.76. The molecule has 0 spiro atoms. The van der Waals surface area contributed by atoms with Crippen molar-refractivity contribution < 1.29 is 0 Å². The van der Waals surface area contributed by atoms with E-state index in [-0.39, 0.29) is 0 Å². The Labute approximate surface area is 149 Å². The molecule has 1 atom stereocenters. The van der Waals surface area contributed by atoms with Crippen LogP contribution in [0.5, 0.6) is 0 Å². The molecule has 2 aromatic rings. The number of unbranched alkanes of at least 4 members (excludes halogenated alkanes) is 6. The van der Waals surface area contributed by atoms with Gasteiger partial charge in [-0.15, -0.1) is 11.3 Å². The lowest BCUT2D eigenvalue weighted by Crippen LogP contribution is -1.89. The fourth-order valence-corrected chi connectivity index (χ4v) is 5.27. The Morgan fingerprint density at radius 1 is 1.05 bits per heavy atom. The SMILES string of the molecule is CCCCCCCCCC(Br)c1csc2c(Br)cccc12. The number of hydrogen-bond acceptors (Lipinski definition) is 1. The van der Waals surface area contributed by atoms with Crippen LogP contribution < -0.4 is 0 Å². The van der Waals surface area contributed by atoms with Crippen LogP contribution in [0.3, 0.4) is 0 Å². The van der Waals surface area contributed by atoms with Crippen molar-refractivity contribution in [1.29, 1.82) is 0 Å². The van der Waals surface area contributed by atoms with E-state index in [4.69, 9.17) is 0 Å². The van der Waals surface area contributed by atoms with Gasteiger partial charge in [-0.25, -0.2) is 0 Å². The molecule has 0 aliphatic carbocycles. The second kappa shape index (κ2) is 9.32. The summed E-state index contributed by atoms with van der Waals surface area (Å²) in [7, 11) is 0. The van der Waals surface area contributed by atoms with Gasteiger partial charge in [0.2, 0.25) is 0 Å². The normalized spacial score (nSPS) is 12.9. The third kappa shape index (κ3) is 5.07. The van der Waals surface area contributed by atoms with Gasteiger partial charge in [0.15, 0.2) is 0 Å². The van der Waals surface area contributed by atoms with Crippen molar-refractivity contribution in [3.8, 4) is 0 Å². The van der Waals surface area contributed by atoms with E-state index in [9.17, 15) is 0 Å². The number of rotatable bonds is 9. The van der Waals surface area contributed by atoms with Crippen molar-refractivity contribution in [2.45, 2.75) is 63.1 Å². The molecule has 2 rings (SSSR count). The molecule has 1 aromatic carbocycles. The van der Waals surface area contributed by atoms with E-state index in [1.165, 1.54) is 71.5 Å². The van der Waals surface area contributed by atoms with Crippen molar-refractivity contribution in [2.75, 3.05) is 0 Å². The summed E-state index contributed by atoms with van der Waals surface area (Å²) in [6, 6.07) is 6.50. The van der Waals surface area contributed by atoms with Gasteiger partial charge in [-0.2, -0.15) is 0 Å². The van der Waals surface area contributed by atoms with Crippen LogP contribution in [-0.4, -0.2) is 0 Å². The predicted molar refractivity (Wildman–Crippen MR) is 104 cm³/mol. The molecule has 0 N–H and O–H groups in total. The molecular formula is C18H24Br2S. The number of thiophene rings is 1. The van der Waals surface area contributed by atoms with Crippen molar-refractivity contribution in [2.24, 2.45) is 0 Å². The summed E-state index contributed by atoms with van der Waals surface area (Å²) in [5.41, 5.74) is 1.46. The number of hydrogen-bond donors (Lipinski definition) is 0. The molecule has 0 saturated heterocycles. The van der Waals surface area contributed by atoms with Crippen LogP contribution in [0.25, 0.3) is 10.1 Å². The maximum Gasteiger partial charge on any atom is 0.0488 e. The van der Waals surface area contributed by atoms with Crippen molar-refractivity contribution in [1.82, 2.24) is 0 Å². The van der Waals surface area contributed by atoms with Gasteiger partial charge in [0, 0.05) is 14.0 Å². The zero-order chi connectivity index (χ0) is 15.1. The molecule has 0 aliphatic rings. The van der Waals surface area contributed by atoms with Crippen LogP contribution >= 0.6 is 43.2 Å². The quantitative estimate of drug-likeness (QED) is 0.277. The molecule has 3 heteroatoms. The van der Waals surface area contributed by atoms with Crippen LogP contribution in [0.2, 0.25) is 0 Å². The molecule has 116 valence electrons. The maximum absolute atomic E-state index is 3.90. The van der Waals surface area contributed by atoms with Crippen LogP contribution in [0.1, 0.15) is 68.7 Å². The maximum atomic E-state index is 3.90. The minimum Gasteiger partial charge on any atom is -0.142 e. The van der Waals surface area contributed by atoms with Crippen LogP contribution in [0.15, 0.2) is 28.1 Å². The highest BCUT2D eigenvalue weighted by molar-refractivity contribution is 9.10. The molecule has 1 aromatic heterocycles. The van der Waals surface area contributed by atoms with E-state index in [0.717, 1.165) is 0 Å². The number of halogens is 2. The van der Waals surface area contributed by atoms with Gasteiger partial charge in [0.25, 0.3) is 0 Å². The van der Waals surface area contributed by atoms with E-state index in [1.54, 1.807) is 0 Å². The van der Waals surface area contributed by atoms with Crippen molar-refractivity contribution >= 4 is 53.3 Å². The first-order chi connectivity index (χ1) is 10.2. The number of fused-ring (bicyclic) bond motifs is 1. The molecule has 1 heterocycles. The van der Waals surface area contributed by atoms with Gasteiger partial charge in [-0.05, 0) is 44.7 Å². The summed E-state index contributed by atoms with van der Waals surface area (Å²) in [6.07, 6.45) is 10.9. The highest BCUT2D eigenvalue weighted by atomic mass is 79.9. The average Bonchev–Trinajstić information content (AvgIpc) is 2.91. The molecular weight excluding hydrogens is 408 g/mol. The van der Waals surface area contributed by atoms with Gasteiger partial charge in [-0.1, -0.05) is 79.9 Å². The smallest absolute Gasteiger partial charge is 0.0488 e. The molecule has 0 saturated carbocycles. The highest BCUT2D eigenvalue weighted by Crippen LogP contribution is 2.40. The first-order valence-electron chi connectivity index (χ1n) is 8.03. The zero-order valence-electron chi connectivity index (χ0n) is 12.7. The lowest BCUT2D eigenvalue weighted by molar-refractivity contribution is 0.575. The Balaban J connectivity index is 1.80. The standard InChI is InChI=1S/C18H24Br2S/c1-2-3-4-5-6-7-8-11-16(19)15-13-21-18-14(15)10-9-12-17(18)20/h9-10,12-13,16H,2-8,11H2,1H3. The fraction of sp³-hybridized carbons (Fsp3) is 0.556. The number of alkyl halides is 1. The van der Waals surface area contributed by atoms with Gasteiger partial charge < -0.3 is 0 Å². The summed E-state index contributed by atoms with van der Waals surface area (Å²) in [5, 5.41) is 3.72. The first kappa shape index (κ1) is 17.5. The van der Waals surface area contributed by atoms with Crippen LogP contribution in [0.4, 0.5) is 0 Å². The van der Waals surface area contributed by atoms with E-state index in [1.807, 2.05) is 11.3 Å². The average molecular weight is 432 g/mol. The zero-order valence-corrected chi connectivity index (χ0v) is 16.7. The van der Waals surface area contributed by atoms with Crippen LogP contribution in [0, 0.1) is 0 Å². The lowest BCUT2D eigenvalue weighted by Gasteiger charge is -2.09. The summed E-state index contributed by atoms with van der Waals surface area (Å²) < 4.78 is 2.59. The van der Waals surface area contributed by atoms with Gasteiger partial charge >= 0.3 is 0 Å². The minimum atomic E-state index is 0.496. The Hall–Kier alpha value is 0.140. The molecule has 21 heavy (non-hydrogen) atoms. The van der Waals surface area contributed by atoms with Crippen LogP contribution in [-0.2, 0) is 0 Å². The summed E-state index contributed by atoms with van der Waals surface area (Å²) in [6.45, 7) is 2.28.